The summed E-state index contributed by atoms with van der Waals surface area (Å²) in [5.74, 6) is 0. The van der Waals surface area contributed by atoms with E-state index < -0.39 is 0 Å². The molecule has 0 saturated carbocycles. The summed E-state index contributed by atoms with van der Waals surface area (Å²) in [4.78, 5) is 14.0. The molecule has 0 aliphatic rings. The van der Waals surface area contributed by atoms with Crippen molar-refractivity contribution in [1.82, 2.24) is 20.0 Å². The molecular formula is C20H22N4O. The van der Waals surface area contributed by atoms with Crippen LogP contribution in [0.25, 0.3) is 0 Å². The molecule has 3 aromatic rings. The Bertz CT molecular complexity index is 800. The molecule has 2 aromatic carbocycles. The number of nitrogens with one attached hydrogen (secondary N) is 1. The Labute approximate surface area is 147 Å². The lowest BCUT2D eigenvalue weighted by molar-refractivity contribution is 0.206. The third kappa shape index (κ3) is 4.70. The molecular weight excluding hydrogens is 312 g/mol. The van der Waals surface area contributed by atoms with Crippen LogP contribution in [0, 0.1) is 0 Å². The minimum Gasteiger partial charge on any atom is -0.334 e. The van der Waals surface area contributed by atoms with Gasteiger partial charge in [0, 0.05) is 32.5 Å². The van der Waals surface area contributed by atoms with Crippen LogP contribution in [0.15, 0.2) is 73.1 Å². The predicted octanol–water partition coefficient (Wildman–Crippen LogP) is 3.27. The Balaban J connectivity index is 1.58. The first kappa shape index (κ1) is 16.8. The van der Waals surface area contributed by atoms with Crippen molar-refractivity contribution < 1.29 is 4.79 Å². The van der Waals surface area contributed by atoms with Gasteiger partial charge in [-0.05, 0) is 22.8 Å². The van der Waals surface area contributed by atoms with Gasteiger partial charge in [0.1, 0.15) is 0 Å². The quantitative estimate of drug-likeness (QED) is 0.752. The van der Waals surface area contributed by atoms with E-state index in [0.717, 1.165) is 16.7 Å². The summed E-state index contributed by atoms with van der Waals surface area (Å²) in [7, 11) is 1.80. The number of aromatic nitrogens is 2. The maximum atomic E-state index is 12.3. The molecule has 0 aliphatic carbocycles. The number of benzene rings is 2. The lowest BCUT2D eigenvalue weighted by Crippen LogP contribution is -2.36. The van der Waals surface area contributed by atoms with Crippen molar-refractivity contribution in [2.75, 3.05) is 7.05 Å². The Kier molecular flexibility index (Phi) is 5.46. The summed E-state index contributed by atoms with van der Waals surface area (Å²) in [6, 6.07) is 19.9. The van der Waals surface area contributed by atoms with Gasteiger partial charge in [0.25, 0.3) is 0 Å². The van der Waals surface area contributed by atoms with Gasteiger partial charge in [-0.15, -0.1) is 0 Å². The molecule has 0 unspecified atom stereocenters. The molecule has 0 saturated heterocycles. The fourth-order valence-electron chi connectivity index (χ4n) is 2.69. The van der Waals surface area contributed by atoms with Crippen molar-refractivity contribution in [3.63, 3.8) is 0 Å². The summed E-state index contributed by atoms with van der Waals surface area (Å²) in [6.45, 7) is 1.77. The predicted molar refractivity (Wildman–Crippen MR) is 97.9 cm³/mol. The van der Waals surface area contributed by atoms with Crippen LogP contribution < -0.4 is 5.32 Å². The zero-order chi connectivity index (χ0) is 17.5. The second kappa shape index (κ2) is 8.15. The molecule has 128 valence electrons. The number of rotatable bonds is 6. The average molecular weight is 334 g/mol. The van der Waals surface area contributed by atoms with Gasteiger partial charge in [0.15, 0.2) is 0 Å². The fraction of sp³-hybridized carbons (Fsp3) is 0.200. The van der Waals surface area contributed by atoms with Crippen LogP contribution >= 0.6 is 0 Å². The maximum Gasteiger partial charge on any atom is 0.317 e. The standard InChI is InChI=1S/C20H22N4O/c1-23(15-17-8-3-2-4-9-17)20(25)21-14-18-10-5-6-11-19(18)16-24-13-7-12-22-24/h2-13H,14-16H2,1H3,(H,21,25). The molecule has 0 spiro atoms. The zero-order valence-corrected chi connectivity index (χ0v) is 14.3. The van der Waals surface area contributed by atoms with Crippen molar-refractivity contribution in [1.29, 1.82) is 0 Å². The van der Waals surface area contributed by atoms with Crippen molar-refractivity contribution in [2.24, 2.45) is 0 Å². The molecule has 5 nitrogen and oxygen atoms in total. The van der Waals surface area contributed by atoms with E-state index in [2.05, 4.69) is 16.5 Å². The molecule has 3 rings (SSSR count). The van der Waals surface area contributed by atoms with Crippen molar-refractivity contribution in [3.8, 4) is 0 Å². The van der Waals surface area contributed by atoms with Crippen LogP contribution in [0.2, 0.25) is 0 Å². The van der Waals surface area contributed by atoms with Crippen LogP contribution in [-0.4, -0.2) is 27.8 Å². The van der Waals surface area contributed by atoms with E-state index >= 15 is 0 Å². The first-order valence-electron chi connectivity index (χ1n) is 8.29. The summed E-state index contributed by atoms with van der Waals surface area (Å²) >= 11 is 0. The lowest BCUT2D eigenvalue weighted by atomic mass is 10.1. The number of amides is 2. The molecule has 1 heterocycles. The van der Waals surface area contributed by atoms with Gasteiger partial charge < -0.3 is 10.2 Å². The largest absolute Gasteiger partial charge is 0.334 e. The van der Waals surface area contributed by atoms with Crippen LogP contribution in [0.4, 0.5) is 4.79 Å². The molecule has 0 radical (unpaired) electrons. The van der Waals surface area contributed by atoms with E-state index in [1.807, 2.05) is 65.5 Å². The Morgan fingerprint density at radius 2 is 1.76 bits per heavy atom. The van der Waals surface area contributed by atoms with Gasteiger partial charge in [-0.3, -0.25) is 4.68 Å². The topological polar surface area (TPSA) is 50.2 Å². The van der Waals surface area contributed by atoms with Crippen molar-refractivity contribution in [3.05, 3.63) is 89.7 Å². The van der Waals surface area contributed by atoms with Crippen LogP contribution in [0.3, 0.4) is 0 Å². The van der Waals surface area contributed by atoms with Gasteiger partial charge in [-0.2, -0.15) is 5.10 Å². The van der Waals surface area contributed by atoms with E-state index in [1.165, 1.54) is 0 Å². The lowest BCUT2D eigenvalue weighted by Gasteiger charge is -2.19. The van der Waals surface area contributed by atoms with Gasteiger partial charge in [-0.25, -0.2) is 4.79 Å². The molecule has 0 fully saturated rings. The zero-order valence-electron chi connectivity index (χ0n) is 14.3. The molecule has 0 aliphatic heterocycles. The number of hydrogen-bond acceptors (Lipinski definition) is 2. The molecule has 1 N–H and O–H groups in total. The smallest absolute Gasteiger partial charge is 0.317 e. The Morgan fingerprint density at radius 3 is 2.48 bits per heavy atom. The monoisotopic (exact) mass is 334 g/mol. The molecule has 0 bridgehead atoms. The summed E-state index contributed by atoms with van der Waals surface area (Å²) < 4.78 is 1.88. The van der Waals surface area contributed by atoms with E-state index in [0.29, 0.717) is 19.6 Å². The van der Waals surface area contributed by atoms with Gasteiger partial charge in [0.05, 0.1) is 6.54 Å². The molecule has 5 heteroatoms. The summed E-state index contributed by atoms with van der Waals surface area (Å²) in [6.07, 6.45) is 3.70. The average Bonchev–Trinajstić information content (AvgIpc) is 3.14. The fourth-order valence-corrected chi connectivity index (χ4v) is 2.69. The van der Waals surface area contributed by atoms with Crippen LogP contribution in [-0.2, 0) is 19.6 Å². The van der Waals surface area contributed by atoms with E-state index in [1.54, 1.807) is 18.1 Å². The number of nitrogens with zero attached hydrogens (tertiary/aromatic N) is 3. The molecule has 25 heavy (non-hydrogen) atoms. The Hall–Kier alpha value is -3.08. The van der Waals surface area contributed by atoms with Gasteiger partial charge in [-0.1, -0.05) is 54.6 Å². The summed E-state index contributed by atoms with van der Waals surface area (Å²) in [5, 5.41) is 7.24. The second-order valence-corrected chi connectivity index (χ2v) is 5.97. The maximum absolute atomic E-state index is 12.3. The van der Waals surface area contributed by atoms with E-state index in [-0.39, 0.29) is 6.03 Å². The highest BCUT2D eigenvalue weighted by Gasteiger charge is 2.10. The highest BCUT2D eigenvalue weighted by molar-refractivity contribution is 5.73. The Morgan fingerprint density at radius 1 is 1.04 bits per heavy atom. The van der Waals surface area contributed by atoms with Crippen LogP contribution in [0.1, 0.15) is 16.7 Å². The van der Waals surface area contributed by atoms with Gasteiger partial charge >= 0.3 is 6.03 Å². The van der Waals surface area contributed by atoms with E-state index in [9.17, 15) is 4.79 Å². The third-order valence-electron chi connectivity index (χ3n) is 4.05. The minimum absolute atomic E-state index is 0.0854. The SMILES string of the molecule is CN(Cc1ccccc1)C(=O)NCc1ccccc1Cn1cccn1. The van der Waals surface area contributed by atoms with E-state index in [4.69, 9.17) is 0 Å². The van der Waals surface area contributed by atoms with Gasteiger partial charge in [0.2, 0.25) is 0 Å². The normalized spacial score (nSPS) is 10.4. The molecule has 0 atom stereocenters. The third-order valence-corrected chi connectivity index (χ3v) is 4.05. The second-order valence-electron chi connectivity index (χ2n) is 5.97. The molecule has 2 amide bonds. The number of urea groups is 1. The number of hydrogen-bond donors (Lipinski definition) is 1. The van der Waals surface area contributed by atoms with Crippen molar-refractivity contribution >= 4 is 6.03 Å². The highest BCUT2D eigenvalue weighted by Crippen LogP contribution is 2.11. The number of carbonyl (C=O) groups is 1. The van der Waals surface area contributed by atoms with Crippen LogP contribution in [0.5, 0.6) is 0 Å². The first-order valence-corrected chi connectivity index (χ1v) is 8.29. The molecule has 1 aromatic heterocycles. The highest BCUT2D eigenvalue weighted by atomic mass is 16.2. The first-order chi connectivity index (χ1) is 12.2. The van der Waals surface area contributed by atoms with Crippen molar-refractivity contribution in [2.45, 2.75) is 19.6 Å². The number of carbonyl (C=O) groups excluding carboxylic acids is 1. The minimum atomic E-state index is -0.0854. The summed E-state index contributed by atoms with van der Waals surface area (Å²) in [5.41, 5.74) is 3.36.